The minimum Gasteiger partial charge on any atom is -0.388 e. The molecule has 0 saturated heterocycles. The van der Waals surface area contributed by atoms with Gasteiger partial charge in [-0.1, -0.05) is 49.4 Å². The predicted octanol–water partition coefficient (Wildman–Crippen LogP) is 4.37. The highest BCUT2D eigenvalue weighted by molar-refractivity contribution is 8.00. The highest BCUT2D eigenvalue weighted by atomic mass is 32.2. The number of carbonyl (C=O) groups excluding carboxylic acids is 1. The summed E-state index contributed by atoms with van der Waals surface area (Å²) in [4.78, 5) is 15.8. The lowest BCUT2D eigenvalue weighted by Gasteiger charge is -2.22. The van der Waals surface area contributed by atoms with Crippen LogP contribution < -0.4 is 4.90 Å². The van der Waals surface area contributed by atoms with Crippen LogP contribution in [0.4, 0.5) is 5.69 Å². The molecule has 0 aromatic heterocycles. The Morgan fingerprint density at radius 2 is 1.96 bits per heavy atom. The molecule has 3 nitrogen and oxygen atoms in total. The normalized spacial score (nSPS) is 18.3. The van der Waals surface area contributed by atoms with E-state index in [1.54, 1.807) is 0 Å². The Bertz CT molecular complexity index is 708. The van der Waals surface area contributed by atoms with Crippen LogP contribution in [0.3, 0.4) is 0 Å². The van der Waals surface area contributed by atoms with E-state index in [0.717, 1.165) is 24.2 Å². The average molecular weight is 374 g/mol. The highest BCUT2D eigenvalue weighted by Crippen LogP contribution is 2.37. The smallest absolute Gasteiger partial charge is 0.237 e. The zero-order valence-electron chi connectivity index (χ0n) is 14.3. The molecule has 2 aromatic rings. The van der Waals surface area contributed by atoms with Gasteiger partial charge in [-0.3, -0.25) is 4.79 Å². The van der Waals surface area contributed by atoms with E-state index >= 15 is 0 Å². The van der Waals surface area contributed by atoms with Gasteiger partial charge in [0.15, 0.2) is 0 Å². The second-order valence-electron chi connectivity index (χ2n) is 6.17. The van der Waals surface area contributed by atoms with E-state index in [4.69, 9.17) is 0 Å². The summed E-state index contributed by atoms with van der Waals surface area (Å²) in [5.41, 5.74) is 1.92. The van der Waals surface area contributed by atoms with Crippen LogP contribution in [0, 0.1) is 0 Å². The van der Waals surface area contributed by atoms with E-state index in [1.807, 2.05) is 65.2 Å². The number of benzene rings is 2. The molecule has 1 aliphatic rings. The Kier molecular flexibility index (Phi) is 6.45. The molecule has 0 spiro atoms. The van der Waals surface area contributed by atoms with Crippen molar-refractivity contribution in [1.29, 1.82) is 0 Å². The van der Waals surface area contributed by atoms with E-state index in [0.29, 0.717) is 16.8 Å². The Balaban J connectivity index is 1.60. The van der Waals surface area contributed by atoms with Gasteiger partial charge in [-0.2, -0.15) is 0 Å². The summed E-state index contributed by atoms with van der Waals surface area (Å²) in [6.45, 7) is 2.96. The fourth-order valence-electron chi connectivity index (χ4n) is 2.85. The number of hydrogen-bond donors (Lipinski definition) is 1. The lowest BCUT2D eigenvalue weighted by Crippen LogP contribution is -2.33. The van der Waals surface area contributed by atoms with E-state index in [1.165, 1.54) is 16.7 Å². The summed E-state index contributed by atoms with van der Waals surface area (Å²) in [6.07, 6.45) is 0.452. The first-order valence-corrected chi connectivity index (χ1v) is 10.6. The number of aliphatic hydroxyl groups is 1. The second kappa shape index (κ2) is 8.79. The maximum Gasteiger partial charge on any atom is 0.237 e. The van der Waals surface area contributed by atoms with Crippen molar-refractivity contribution in [3.8, 4) is 0 Å². The molecule has 0 aliphatic carbocycles. The standard InChI is InChI=1S/C20H23NO2S2/c1-15-11-12-21(17-9-5-6-10-19(17)25-15)20(23)14-24-13-18(22)16-7-3-2-4-8-16/h2-10,15,18,22H,11-14H2,1H3/t15-,18+/m1/s1. The van der Waals surface area contributed by atoms with Crippen molar-refractivity contribution in [2.75, 3.05) is 23.0 Å². The molecule has 25 heavy (non-hydrogen) atoms. The summed E-state index contributed by atoms with van der Waals surface area (Å²) < 4.78 is 0. The van der Waals surface area contributed by atoms with Gasteiger partial charge in [0.05, 0.1) is 17.5 Å². The first kappa shape index (κ1) is 18.4. The van der Waals surface area contributed by atoms with Gasteiger partial charge in [-0.15, -0.1) is 23.5 Å². The molecule has 0 bridgehead atoms. The number of anilines is 1. The van der Waals surface area contributed by atoms with Crippen LogP contribution in [0.15, 0.2) is 59.5 Å². The van der Waals surface area contributed by atoms with Crippen molar-refractivity contribution in [3.05, 3.63) is 60.2 Å². The van der Waals surface area contributed by atoms with Crippen LogP contribution >= 0.6 is 23.5 Å². The fraction of sp³-hybridized carbons (Fsp3) is 0.350. The zero-order chi connectivity index (χ0) is 17.6. The third-order valence-electron chi connectivity index (χ3n) is 4.23. The van der Waals surface area contributed by atoms with Crippen LogP contribution in [0.5, 0.6) is 0 Å². The zero-order valence-corrected chi connectivity index (χ0v) is 15.9. The monoisotopic (exact) mass is 373 g/mol. The molecule has 1 amide bonds. The third kappa shape index (κ3) is 4.81. The van der Waals surface area contributed by atoms with Crippen molar-refractivity contribution < 1.29 is 9.90 Å². The number of hydrogen-bond acceptors (Lipinski definition) is 4. The SMILES string of the molecule is C[C@@H]1CCN(C(=O)CSC[C@H](O)c2ccccc2)c2ccccc2S1. The molecular formula is C20H23NO2S2. The highest BCUT2D eigenvalue weighted by Gasteiger charge is 2.24. The summed E-state index contributed by atoms with van der Waals surface area (Å²) in [5.74, 6) is 1.03. The van der Waals surface area contributed by atoms with Gasteiger partial charge in [-0.25, -0.2) is 0 Å². The van der Waals surface area contributed by atoms with Gasteiger partial charge in [0.2, 0.25) is 5.91 Å². The fourth-order valence-corrected chi connectivity index (χ4v) is 4.83. The van der Waals surface area contributed by atoms with Crippen molar-refractivity contribution in [3.63, 3.8) is 0 Å². The number of fused-ring (bicyclic) bond motifs is 1. The van der Waals surface area contributed by atoms with Crippen LogP contribution in [0.2, 0.25) is 0 Å². The predicted molar refractivity (Wildman–Crippen MR) is 107 cm³/mol. The first-order chi connectivity index (χ1) is 12.1. The molecule has 2 aromatic carbocycles. The molecule has 0 fully saturated rings. The summed E-state index contributed by atoms with van der Waals surface area (Å²) in [7, 11) is 0. The van der Waals surface area contributed by atoms with E-state index < -0.39 is 6.10 Å². The number of nitrogens with zero attached hydrogens (tertiary/aromatic N) is 1. The number of amides is 1. The summed E-state index contributed by atoms with van der Waals surface area (Å²) >= 11 is 3.33. The number of aliphatic hydroxyl groups excluding tert-OH is 1. The van der Waals surface area contributed by atoms with E-state index in [2.05, 4.69) is 13.0 Å². The van der Waals surface area contributed by atoms with Crippen LogP contribution in [0.25, 0.3) is 0 Å². The molecule has 0 saturated carbocycles. The molecule has 1 aliphatic heterocycles. The van der Waals surface area contributed by atoms with Gasteiger partial charge in [0.1, 0.15) is 0 Å². The summed E-state index contributed by atoms with van der Waals surface area (Å²) in [6, 6.07) is 17.7. The van der Waals surface area contributed by atoms with Gasteiger partial charge in [0.25, 0.3) is 0 Å². The van der Waals surface area contributed by atoms with Crippen molar-refractivity contribution in [1.82, 2.24) is 0 Å². The van der Waals surface area contributed by atoms with E-state index in [9.17, 15) is 9.90 Å². The Morgan fingerprint density at radius 3 is 2.76 bits per heavy atom. The first-order valence-electron chi connectivity index (χ1n) is 8.52. The van der Waals surface area contributed by atoms with E-state index in [-0.39, 0.29) is 5.91 Å². The molecule has 5 heteroatoms. The number of thioether (sulfide) groups is 2. The Hall–Kier alpha value is -1.43. The molecular weight excluding hydrogens is 350 g/mol. The van der Waals surface area contributed by atoms with Crippen LogP contribution in [-0.2, 0) is 4.79 Å². The van der Waals surface area contributed by atoms with Crippen LogP contribution in [0.1, 0.15) is 25.0 Å². The Morgan fingerprint density at radius 1 is 1.24 bits per heavy atom. The minimum absolute atomic E-state index is 0.118. The third-order valence-corrected chi connectivity index (χ3v) is 6.47. The maximum atomic E-state index is 12.8. The van der Waals surface area contributed by atoms with Crippen molar-refractivity contribution in [2.45, 2.75) is 29.6 Å². The molecule has 0 radical (unpaired) electrons. The molecule has 1 heterocycles. The van der Waals surface area contributed by atoms with Gasteiger partial charge in [0, 0.05) is 22.4 Å². The second-order valence-corrected chi connectivity index (χ2v) is 8.68. The number of para-hydroxylation sites is 1. The number of carbonyl (C=O) groups is 1. The molecule has 132 valence electrons. The van der Waals surface area contributed by atoms with Gasteiger partial charge < -0.3 is 10.0 Å². The quantitative estimate of drug-likeness (QED) is 0.845. The minimum atomic E-state index is -0.536. The number of rotatable bonds is 5. The lowest BCUT2D eigenvalue weighted by molar-refractivity contribution is -0.116. The lowest BCUT2D eigenvalue weighted by atomic mass is 10.1. The van der Waals surface area contributed by atoms with Crippen LogP contribution in [-0.4, -0.2) is 34.3 Å². The molecule has 3 rings (SSSR count). The largest absolute Gasteiger partial charge is 0.388 e. The van der Waals surface area contributed by atoms with Gasteiger partial charge >= 0.3 is 0 Å². The van der Waals surface area contributed by atoms with Crippen molar-refractivity contribution in [2.24, 2.45) is 0 Å². The summed E-state index contributed by atoms with van der Waals surface area (Å²) in [5, 5.41) is 10.7. The Labute approximate surface area is 157 Å². The average Bonchev–Trinajstić information content (AvgIpc) is 2.80. The molecule has 0 unspecified atom stereocenters. The molecule has 1 N–H and O–H groups in total. The van der Waals surface area contributed by atoms with Crippen molar-refractivity contribution >= 4 is 35.1 Å². The molecule has 2 atom stereocenters. The maximum absolute atomic E-state index is 12.8. The topological polar surface area (TPSA) is 40.5 Å². The van der Waals surface area contributed by atoms with Gasteiger partial charge in [-0.05, 0) is 24.1 Å².